The molecule has 1 fully saturated rings. The molecule has 16 heavy (non-hydrogen) atoms. The van der Waals surface area contributed by atoms with E-state index < -0.39 is 5.97 Å². The summed E-state index contributed by atoms with van der Waals surface area (Å²) in [4.78, 5) is 11.0. The maximum absolute atomic E-state index is 11.0. The van der Waals surface area contributed by atoms with Crippen LogP contribution in [0.15, 0.2) is 10.7 Å². The van der Waals surface area contributed by atoms with Crippen molar-refractivity contribution in [1.82, 2.24) is 5.16 Å². The Hall–Kier alpha value is -1.32. The molecule has 0 amide bonds. The molecule has 2 rings (SSSR count). The van der Waals surface area contributed by atoms with Crippen LogP contribution in [0.2, 0.25) is 0 Å². The van der Waals surface area contributed by atoms with E-state index in [1.807, 2.05) is 0 Å². The van der Waals surface area contributed by atoms with E-state index >= 15 is 0 Å². The van der Waals surface area contributed by atoms with Crippen LogP contribution in [0.4, 0.5) is 0 Å². The van der Waals surface area contributed by atoms with Crippen molar-refractivity contribution >= 4 is 5.97 Å². The van der Waals surface area contributed by atoms with E-state index in [0.717, 1.165) is 25.7 Å². The van der Waals surface area contributed by atoms with Crippen LogP contribution in [0.5, 0.6) is 0 Å². The Morgan fingerprint density at radius 2 is 2.12 bits per heavy atom. The largest absolute Gasteiger partial charge is 0.478 e. The van der Waals surface area contributed by atoms with Gasteiger partial charge in [-0.15, -0.1) is 0 Å². The zero-order valence-corrected chi connectivity index (χ0v) is 9.69. The lowest BCUT2D eigenvalue weighted by atomic mass is 9.72. The van der Waals surface area contributed by atoms with Crippen LogP contribution in [0.1, 0.15) is 61.6 Å². The van der Waals surface area contributed by atoms with Crippen LogP contribution < -0.4 is 0 Å². The van der Waals surface area contributed by atoms with Gasteiger partial charge in [-0.3, -0.25) is 0 Å². The molecule has 1 N–H and O–H groups in total. The summed E-state index contributed by atoms with van der Waals surface area (Å²) in [6.45, 7) is 4.50. The lowest BCUT2D eigenvalue weighted by Gasteiger charge is -2.33. The second kappa shape index (κ2) is 3.92. The van der Waals surface area contributed by atoms with Gasteiger partial charge in [-0.1, -0.05) is 19.0 Å². The van der Waals surface area contributed by atoms with Crippen molar-refractivity contribution in [1.29, 1.82) is 0 Å². The quantitative estimate of drug-likeness (QED) is 0.836. The summed E-state index contributed by atoms with van der Waals surface area (Å²) in [5.74, 6) is -0.161. The molecule has 1 aromatic rings. The zero-order chi connectivity index (χ0) is 11.8. The van der Waals surface area contributed by atoms with Gasteiger partial charge in [0.2, 0.25) is 0 Å². The fourth-order valence-electron chi connectivity index (χ4n) is 2.37. The van der Waals surface area contributed by atoms with Crippen LogP contribution >= 0.6 is 0 Å². The Bertz CT molecular complexity index is 385. The van der Waals surface area contributed by atoms with E-state index in [1.54, 1.807) is 0 Å². The summed E-state index contributed by atoms with van der Waals surface area (Å²) in [5.41, 5.74) is 0.601. The molecule has 1 saturated carbocycles. The van der Waals surface area contributed by atoms with Gasteiger partial charge in [-0.05, 0) is 31.1 Å². The molecule has 1 aliphatic rings. The van der Waals surface area contributed by atoms with Crippen LogP contribution in [0.3, 0.4) is 0 Å². The van der Waals surface area contributed by atoms with Crippen molar-refractivity contribution in [3.8, 4) is 0 Å². The highest BCUT2D eigenvalue weighted by Crippen LogP contribution is 2.43. The molecule has 0 bridgehead atoms. The fraction of sp³-hybridized carbons (Fsp3) is 0.667. The molecule has 0 aromatic carbocycles. The molecule has 1 aliphatic carbocycles. The molecule has 0 unspecified atom stereocenters. The number of aromatic nitrogens is 1. The lowest BCUT2D eigenvalue weighted by molar-refractivity contribution is 0.0692. The van der Waals surface area contributed by atoms with Crippen LogP contribution in [-0.4, -0.2) is 16.2 Å². The molecule has 4 nitrogen and oxygen atoms in total. The molecular formula is C12H17NO3. The monoisotopic (exact) mass is 223 g/mol. The van der Waals surface area contributed by atoms with Gasteiger partial charge in [-0.25, -0.2) is 4.79 Å². The molecule has 0 saturated heterocycles. The van der Waals surface area contributed by atoms with Crippen molar-refractivity contribution in [2.24, 2.45) is 5.41 Å². The van der Waals surface area contributed by atoms with E-state index in [9.17, 15) is 4.79 Å². The second-order valence-electron chi connectivity index (χ2n) is 5.35. The van der Waals surface area contributed by atoms with Crippen molar-refractivity contribution in [3.05, 3.63) is 17.5 Å². The van der Waals surface area contributed by atoms with Gasteiger partial charge >= 0.3 is 5.97 Å². The molecule has 0 radical (unpaired) electrons. The third-order valence-electron chi connectivity index (χ3n) is 3.54. The number of rotatable bonds is 2. The van der Waals surface area contributed by atoms with E-state index in [1.165, 1.54) is 6.20 Å². The highest BCUT2D eigenvalue weighted by Gasteiger charge is 2.32. The summed E-state index contributed by atoms with van der Waals surface area (Å²) in [6.07, 6.45) is 5.50. The van der Waals surface area contributed by atoms with E-state index in [4.69, 9.17) is 9.63 Å². The topological polar surface area (TPSA) is 63.3 Å². The van der Waals surface area contributed by atoms with Gasteiger partial charge in [0.15, 0.2) is 5.76 Å². The Labute approximate surface area is 94.6 Å². The predicted octanol–water partition coefficient (Wildman–Crippen LogP) is 3.06. The average molecular weight is 223 g/mol. The number of nitrogens with zero attached hydrogens (tertiary/aromatic N) is 1. The van der Waals surface area contributed by atoms with Gasteiger partial charge in [-0.2, -0.15) is 0 Å². The Balaban J connectivity index is 2.14. The van der Waals surface area contributed by atoms with Gasteiger partial charge in [0.25, 0.3) is 0 Å². The maximum atomic E-state index is 11.0. The van der Waals surface area contributed by atoms with Crippen LogP contribution in [0, 0.1) is 5.41 Å². The van der Waals surface area contributed by atoms with Crippen LogP contribution in [0.25, 0.3) is 0 Å². The van der Waals surface area contributed by atoms with Gasteiger partial charge in [0.1, 0.15) is 5.56 Å². The standard InChI is InChI=1S/C12H17NO3/c1-12(2)5-3-8(4-6-12)10-9(11(14)15)7-13-16-10/h7-8H,3-6H2,1-2H3,(H,14,15). The second-order valence-corrected chi connectivity index (χ2v) is 5.35. The van der Waals surface area contributed by atoms with Gasteiger partial charge in [0.05, 0.1) is 6.20 Å². The molecule has 0 spiro atoms. The van der Waals surface area contributed by atoms with E-state index in [2.05, 4.69) is 19.0 Å². The molecule has 1 heterocycles. The minimum absolute atomic E-state index is 0.224. The van der Waals surface area contributed by atoms with E-state index in [0.29, 0.717) is 11.2 Å². The number of hydrogen-bond acceptors (Lipinski definition) is 3. The summed E-state index contributed by atoms with van der Waals surface area (Å²) >= 11 is 0. The summed E-state index contributed by atoms with van der Waals surface area (Å²) < 4.78 is 5.10. The molecule has 4 heteroatoms. The Morgan fingerprint density at radius 1 is 1.50 bits per heavy atom. The minimum atomic E-state index is -0.943. The lowest BCUT2D eigenvalue weighted by Crippen LogP contribution is -2.20. The maximum Gasteiger partial charge on any atom is 0.340 e. The summed E-state index contributed by atoms with van der Waals surface area (Å²) in [6, 6.07) is 0. The first-order chi connectivity index (χ1) is 7.49. The smallest absolute Gasteiger partial charge is 0.340 e. The zero-order valence-electron chi connectivity index (χ0n) is 9.69. The number of carbonyl (C=O) groups is 1. The first-order valence-electron chi connectivity index (χ1n) is 5.67. The Morgan fingerprint density at radius 3 is 2.69 bits per heavy atom. The fourth-order valence-corrected chi connectivity index (χ4v) is 2.37. The molecule has 1 aromatic heterocycles. The van der Waals surface area contributed by atoms with E-state index in [-0.39, 0.29) is 11.5 Å². The molecular weight excluding hydrogens is 206 g/mol. The third-order valence-corrected chi connectivity index (χ3v) is 3.54. The predicted molar refractivity (Wildman–Crippen MR) is 58.5 cm³/mol. The summed E-state index contributed by atoms with van der Waals surface area (Å²) in [7, 11) is 0. The minimum Gasteiger partial charge on any atom is -0.478 e. The SMILES string of the molecule is CC1(C)CCC(c2oncc2C(=O)O)CC1. The number of hydrogen-bond donors (Lipinski definition) is 1. The summed E-state index contributed by atoms with van der Waals surface area (Å²) in [5, 5.41) is 12.6. The first kappa shape index (κ1) is 11.2. The van der Waals surface area contributed by atoms with Crippen LogP contribution in [-0.2, 0) is 0 Å². The normalized spacial score (nSPS) is 20.9. The van der Waals surface area contributed by atoms with Crippen molar-refractivity contribution in [2.45, 2.75) is 45.4 Å². The van der Waals surface area contributed by atoms with Crippen molar-refractivity contribution in [2.75, 3.05) is 0 Å². The molecule has 0 atom stereocenters. The van der Waals surface area contributed by atoms with Crippen molar-refractivity contribution in [3.63, 3.8) is 0 Å². The molecule has 88 valence electrons. The molecule has 0 aliphatic heterocycles. The average Bonchev–Trinajstić information content (AvgIpc) is 2.66. The third kappa shape index (κ3) is 2.10. The highest BCUT2D eigenvalue weighted by molar-refractivity contribution is 5.88. The first-order valence-corrected chi connectivity index (χ1v) is 5.67. The number of carboxylic acid groups (broad SMARTS) is 1. The van der Waals surface area contributed by atoms with Gasteiger partial charge < -0.3 is 9.63 Å². The van der Waals surface area contributed by atoms with Crippen molar-refractivity contribution < 1.29 is 14.4 Å². The van der Waals surface area contributed by atoms with Gasteiger partial charge in [0, 0.05) is 5.92 Å². The Kier molecular flexibility index (Phi) is 2.74. The number of carboxylic acids is 1. The highest BCUT2D eigenvalue weighted by atomic mass is 16.5. The number of aromatic carboxylic acids is 1.